The van der Waals surface area contributed by atoms with Gasteiger partial charge in [-0.05, 0) is 67.8 Å². The summed E-state index contributed by atoms with van der Waals surface area (Å²) in [6, 6.07) is 14.4. The number of benzene rings is 2. The summed E-state index contributed by atoms with van der Waals surface area (Å²) in [5, 5.41) is 0. The van der Waals surface area contributed by atoms with Crippen molar-refractivity contribution in [2.24, 2.45) is 0 Å². The number of esters is 1. The Balaban J connectivity index is 1.76. The topological polar surface area (TPSA) is 44.8 Å². The predicted molar refractivity (Wildman–Crippen MR) is 126 cm³/mol. The first-order chi connectivity index (χ1) is 15.2. The van der Waals surface area contributed by atoms with Crippen LogP contribution in [0.5, 0.6) is 17.2 Å². The highest BCUT2D eigenvalue weighted by atomic mass is 16.5. The van der Waals surface area contributed by atoms with Crippen LogP contribution in [0, 0.1) is 0 Å². The van der Waals surface area contributed by atoms with E-state index in [1.54, 1.807) is 24.3 Å². The number of ether oxygens (including phenoxy) is 3. The van der Waals surface area contributed by atoms with Gasteiger partial charge in [0.2, 0.25) is 0 Å². The van der Waals surface area contributed by atoms with Crippen LogP contribution in [-0.4, -0.2) is 18.7 Å². The van der Waals surface area contributed by atoms with E-state index in [1.807, 2.05) is 24.3 Å². The monoisotopic (exact) mass is 426 g/mol. The summed E-state index contributed by atoms with van der Waals surface area (Å²) < 4.78 is 17.2. The lowest BCUT2D eigenvalue weighted by Crippen LogP contribution is -2.14. The minimum atomic E-state index is -0.381. The normalized spacial score (nSPS) is 11.7. The molecule has 4 nitrogen and oxygen atoms in total. The molecule has 0 saturated heterocycles. The van der Waals surface area contributed by atoms with Crippen molar-refractivity contribution in [3.05, 3.63) is 54.1 Å². The molecule has 0 aliphatic rings. The van der Waals surface area contributed by atoms with Gasteiger partial charge in [-0.2, -0.15) is 0 Å². The highest BCUT2D eigenvalue weighted by Gasteiger charge is 2.10. The third-order valence-corrected chi connectivity index (χ3v) is 5.26. The van der Waals surface area contributed by atoms with Crippen molar-refractivity contribution in [2.75, 3.05) is 6.61 Å². The fourth-order valence-corrected chi connectivity index (χ4v) is 3.37. The van der Waals surface area contributed by atoms with Gasteiger partial charge in [0.1, 0.15) is 17.2 Å². The maximum Gasteiger partial charge on any atom is 0.343 e. The number of carbonyl (C=O) groups excluding carboxylic acids is 1. The van der Waals surface area contributed by atoms with Gasteiger partial charge in [-0.15, -0.1) is 0 Å². The van der Waals surface area contributed by atoms with Crippen LogP contribution in [0.15, 0.2) is 48.5 Å². The molecule has 2 rings (SSSR count). The van der Waals surface area contributed by atoms with Crippen molar-refractivity contribution < 1.29 is 19.0 Å². The number of hydrogen-bond acceptors (Lipinski definition) is 4. The summed E-state index contributed by atoms with van der Waals surface area (Å²) in [5.74, 6) is 1.70. The molecule has 0 saturated carbocycles. The van der Waals surface area contributed by atoms with E-state index in [4.69, 9.17) is 14.2 Å². The summed E-state index contributed by atoms with van der Waals surface area (Å²) in [6.07, 6.45) is 10.7. The van der Waals surface area contributed by atoms with E-state index >= 15 is 0 Å². The van der Waals surface area contributed by atoms with E-state index in [0.717, 1.165) is 37.2 Å². The third-order valence-electron chi connectivity index (χ3n) is 5.26. The predicted octanol–water partition coefficient (Wildman–Crippen LogP) is 7.60. The average molecular weight is 427 g/mol. The minimum Gasteiger partial charge on any atom is -0.494 e. The Morgan fingerprint density at radius 2 is 1.35 bits per heavy atom. The van der Waals surface area contributed by atoms with Crippen molar-refractivity contribution in [1.29, 1.82) is 0 Å². The van der Waals surface area contributed by atoms with E-state index in [1.165, 1.54) is 32.1 Å². The van der Waals surface area contributed by atoms with Gasteiger partial charge in [0.15, 0.2) is 0 Å². The second-order valence-corrected chi connectivity index (χ2v) is 7.94. The Morgan fingerprint density at radius 3 is 2.00 bits per heavy atom. The number of hydrogen-bond donors (Lipinski definition) is 0. The standard InChI is InChI=1S/C27H38O4/c1-4-7-8-9-10-11-21-29-24-15-13-22(14-16-24)27(28)31-26-19-17-25(18-20-26)30-23(6-3)12-5-2/h13-20,23H,4-12,21H2,1-3H3. The first-order valence-corrected chi connectivity index (χ1v) is 11.9. The van der Waals surface area contributed by atoms with E-state index in [9.17, 15) is 4.79 Å². The van der Waals surface area contributed by atoms with Crippen molar-refractivity contribution in [2.45, 2.75) is 84.7 Å². The molecule has 2 aromatic rings. The first-order valence-electron chi connectivity index (χ1n) is 11.9. The van der Waals surface area contributed by atoms with Gasteiger partial charge in [0, 0.05) is 0 Å². The van der Waals surface area contributed by atoms with Crippen LogP contribution in [0.1, 0.15) is 88.9 Å². The molecule has 1 atom stereocenters. The zero-order valence-corrected chi connectivity index (χ0v) is 19.4. The molecule has 0 heterocycles. The SMILES string of the molecule is CCCCCCCCOc1ccc(C(=O)Oc2ccc(OC(CC)CCC)cc2)cc1. The van der Waals surface area contributed by atoms with Gasteiger partial charge in [0.25, 0.3) is 0 Å². The molecule has 4 heteroatoms. The third kappa shape index (κ3) is 9.46. The highest BCUT2D eigenvalue weighted by Crippen LogP contribution is 2.22. The Hall–Kier alpha value is -2.49. The molecule has 170 valence electrons. The molecule has 0 spiro atoms. The summed E-state index contributed by atoms with van der Waals surface area (Å²) in [5.41, 5.74) is 0.501. The molecular formula is C27H38O4. The van der Waals surface area contributed by atoms with Crippen LogP contribution in [0.4, 0.5) is 0 Å². The smallest absolute Gasteiger partial charge is 0.343 e. The molecule has 0 amide bonds. The largest absolute Gasteiger partial charge is 0.494 e. The molecule has 0 aliphatic carbocycles. The molecular weight excluding hydrogens is 388 g/mol. The minimum absolute atomic E-state index is 0.222. The van der Waals surface area contributed by atoms with Crippen LogP contribution in [0.2, 0.25) is 0 Å². The van der Waals surface area contributed by atoms with Gasteiger partial charge in [0.05, 0.1) is 18.3 Å². The fraction of sp³-hybridized carbons (Fsp3) is 0.519. The lowest BCUT2D eigenvalue weighted by molar-refractivity contribution is 0.0734. The summed E-state index contributed by atoms with van der Waals surface area (Å²) >= 11 is 0. The zero-order valence-electron chi connectivity index (χ0n) is 19.4. The highest BCUT2D eigenvalue weighted by molar-refractivity contribution is 5.91. The molecule has 0 bridgehead atoms. The van der Waals surface area contributed by atoms with Crippen molar-refractivity contribution in [1.82, 2.24) is 0 Å². The summed E-state index contributed by atoms with van der Waals surface area (Å²) in [6.45, 7) is 7.22. The molecule has 0 aliphatic heterocycles. The van der Waals surface area contributed by atoms with Crippen molar-refractivity contribution >= 4 is 5.97 Å². The second-order valence-electron chi connectivity index (χ2n) is 7.94. The lowest BCUT2D eigenvalue weighted by atomic mass is 10.1. The molecule has 1 unspecified atom stereocenters. The number of unbranched alkanes of at least 4 members (excludes halogenated alkanes) is 5. The Bertz CT molecular complexity index is 737. The number of rotatable bonds is 15. The Labute approximate surface area is 187 Å². The quantitative estimate of drug-likeness (QED) is 0.167. The van der Waals surface area contributed by atoms with Crippen LogP contribution in [0.3, 0.4) is 0 Å². The Morgan fingerprint density at radius 1 is 0.742 bits per heavy atom. The second kappa shape index (κ2) is 14.5. The number of carbonyl (C=O) groups is 1. The molecule has 0 radical (unpaired) electrons. The molecule has 0 fully saturated rings. The maximum absolute atomic E-state index is 12.4. The van der Waals surface area contributed by atoms with Crippen LogP contribution in [0.25, 0.3) is 0 Å². The van der Waals surface area contributed by atoms with E-state index < -0.39 is 0 Å². The van der Waals surface area contributed by atoms with Crippen molar-refractivity contribution in [3.63, 3.8) is 0 Å². The maximum atomic E-state index is 12.4. The van der Waals surface area contributed by atoms with Crippen LogP contribution >= 0.6 is 0 Å². The fourth-order valence-electron chi connectivity index (χ4n) is 3.37. The van der Waals surface area contributed by atoms with Gasteiger partial charge in [-0.1, -0.05) is 59.3 Å². The summed E-state index contributed by atoms with van der Waals surface area (Å²) in [4.78, 5) is 12.4. The molecule has 0 N–H and O–H groups in total. The first kappa shape index (κ1) is 24.8. The van der Waals surface area contributed by atoms with E-state index in [2.05, 4.69) is 20.8 Å². The Kier molecular flexibility index (Phi) is 11.6. The average Bonchev–Trinajstić information content (AvgIpc) is 2.79. The van der Waals surface area contributed by atoms with Gasteiger partial charge in [-0.25, -0.2) is 4.79 Å². The van der Waals surface area contributed by atoms with Gasteiger partial charge in [-0.3, -0.25) is 0 Å². The molecule has 0 aromatic heterocycles. The van der Waals surface area contributed by atoms with Crippen LogP contribution < -0.4 is 14.2 Å². The van der Waals surface area contributed by atoms with E-state index in [0.29, 0.717) is 17.9 Å². The van der Waals surface area contributed by atoms with Gasteiger partial charge >= 0.3 is 5.97 Å². The zero-order chi connectivity index (χ0) is 22.3. The molecule has 2 aromatic carbocycles. The lowest BCUT2D eigenvalue weighted by Gasteiger charge is -2.16. The van der Waals surface area contributed by atoms with E-state index in [-0.39, 0.29) is 12.1 Å². The van der Waals surface area contributed by atoms with Gasteiger partial charge < -0.3 is 14.2 Å². The molecule has 31 heavy (non-hydrogen) atoms. The summed E-state index contributed by atoms with van der Waals surface area (Å²) in [7, 11) is 0. The van der Waals surface area contributed by atoms with Crippen molar-refractivity contribution in [3.8, 4) is 17.2 Å². The van der Waals surface area contributed by atoms with Crippen LogP contribution in [-0.2, 0) is 0 Å².